The molecule has 1 aliphatic heterocycles. The van der Waals surface area contributed by atoms with Gasteiger partial charge in [-0.15, -0.1) is 0 Å². The molecule has 132 valence electrons. The fraction of sp³-hybridized carbons (Fsp3) is 0.400. The highest BCUT2D eigenvalue weighted by Gasteiger charge is 2.63. The van der Waals surface area contributed by atoms with Gasteiger partial charge in [0.15, 0.2) is 12.2 Å². The van der Waals surface area contributed by atoms with Crippen LogP contribution in [0.5, 0.6) is 0 Å². The van der Waals surface area contributed by atoms with Crippen molar-refractivity contribution in [2.75, 3.05) is 0 Å². The normalized spacial score (nSPS) is 22.9. The Bertz CT molecular complexity index is 1060. The SMILES string of the molecule is Cc1cc(C)c2c(c1)-c1c3ccc(CC(C)C)cc3cc[n+]1C1CC21C. The predicted octanol–water partition coefficient (Wildman–Crippen LogP) is 5.83. The van der Waals surface area contributed by atoms with Crippen LogP contribution in [0.15, 0.2) is 42.6 Å². The molecule has 0 N–H and O–H groups in total. The van der Waals surface area contributed by atoms with Crippen LogP contribution in [0.25, 0.3) is 22.0 Å². The first-order valence-corrected chi connectivity index (χ1v) is 9.97. The molecule has 3 aromatic rings. The molecule has 1 heteroatoms. The molecule has 2 unspecified atom stereocenters. The van der Waals surface area contributed by atoms with E-state index in [1.165, 1.54) is 45.1 Å². The van der Waals surface area contributed by atoms with E-state index in [4.69, 9.17) is 0 Å². The van der Waals surface area contributed by atoms with Crippen LogP contribution in [0.4, 0.5) is 0 Å². The Morgan fingerprint density at radius 1 is 1.12 bits per heavy atom. The number of hydrogen-bond acceptors (Lipinski definition) is 0. The third-order valence-corrected chi connectivity index (χ3v) is 6.52. The van der Waals surface area contributed by atoms with E-state index in [1.807, 2.05) is 0 Å². The maximum Gasteiger partial charge on any atom is 0.220 e. The van der Waals surface area contributed by atoms with Gasteiger partial charge in [-0.05, 0) is 67.3 Å². The second-order valence-corrected chi connectivity index (χ2v) is 9.23. The number of nitrogens with zero attached hydrogens (tertiary/aromatic N) is 1. The van der Waals surface area contributed by atoms with Gasteiger partial charge in [-0.3, -0.25) is 0 Å². The molecule has 1 fully saturated rings. The number of rotatable bonds is 2. The van der Waals surface area contributed by atoms with Gasteiger partial charge >= 0.3 is 0 Å². The van der Waals surface area contributed by atoms with Crippen molar-refractivity contribution in [3.63, 3.8) is 0 Å². The number of aromatic nitrogens is 1. The summed E-state index contributed by atoms with van der Waals surface area (Å²) in [5, 5.41) is 2.78. The predicted molar refractivity (Wildman–Crippen MR) is 109 cm³/mol. The average Bonchev–Trinajstić information content (AvgIpc) is 3.25. The topological polar surface area (TPSA) is 3.88 Å². The summed E-state index contributed by atoms with van der Waals surface area (Å²) in [4.78, 5) is 0. The molecule has 1 aliphatic carbocycles. The molecule has 2 heterocycles. The Kier molecular flexibility index (Phi) is 3.20. The van der Waals surface area contributed by atoms with E-state index in [0.717, 1.165) is 6.42 Å². The lowest BCUT2D eigenvalue weighted by Gasteiger charge is -2.24. The highest BCUT2D eigenvalue weighted by Crippen LogP contribution is 2.61. The van der Waals surface area contributed by atoms with Crippen LogP contribution in [0.3, 0.4) is 0 Å². The van der Waals surface area contributed by atoms with Crippen LogP contribution in [-0.4, -0.2) is 0 Å². The molecule has 2 aliphatic rings. The van der Waals surface area contributed by atoms with Gasteiger partial charge in [-0.2, -0.15) is 4.57 Å². The zero-order valence-electron chi connectivity index (χ0n) is 16.6. The Balaban J connectivity index is 1.80. The molecule has 5 rings (SSSR count). The minimum absolute atomic E-state index is 0.316. The summed E-state index contributed by atoms with van der Waals surface area (Å²) in [6.45, 7) is 11.6. The summed E-state index contributed by atoms with van der Waals surface area (Å²) in [6, 6.07) is 14.8. The van der Waals surface area contributed by atoms with Crippen molar-refractivity contribution in [3.05, 3.63) is 64.8 Å². The van der Waals surface area contributed by atoms with Crippen LogP contribution in [0.2, 0.25) is 0 Å². The lowest BCUT2D eigenvalue weighted by molar-refractivity contribution is -0.693. The second kappa shape index (κ2) is 5.19. The quantitative estimate of drug-likeness (QED) is 0.516. The van der Waals surface area contributed by atoms with Crippen LogP contribution >= 0.6 is 0 Å². The van der Waals surface area contributed by atoms with Gasteiger partial charge in [-0.1, -0.05) is 37.6 Å². The van der Waals surface area contributed by atoms with Crippen molar-refractivity contribution in [1.82, 2.24) is 0 Å². The van der Waals surface area contributed by atoms with E-state index in [1.54, 1.807) is 5.56 Å². The summed E-state index contributed by atoms with van der Waals surface area (Å²) < 4.78 is 2.56. The fourth-order valence-corrected chi connectivity index (χ4v) is 5.41. The van der Waals surface area contributed by atoms with E-state index >= 15 is 0 Å². The number of fused-ring (bicyclic) bond motifs is 8. The van der Waals surface area contributed by atoms with Crippen molar-refractivity contribution < 1.29 is 4.57 Å². The Hall–Kier alpha value is -2.15. The minimum Gasteiger partial charge on any atom is -0.194 e. The first-order valence-electron chi connectivity index (χ1n) is 9.97. The molecule has 2 atom stereocenters. The summed E-state index contributed by atoms with van der Waals surface area (Å²) in [5.41, 5.74) is 9.07. The van der Waals surface area contributed by atoms with Crippen LogP contribution in [0, 0.1) is 19.8 Å². The fourth-order valence-electron chi connectivity index (χ4n) is 5.41. The smallest absolute Gasteiger partial charge is 0.194 e. The van der Waals surface area contributed by atoms with Crippen molar-refractivity contribution in [2.24, 2.45) is 5.92 Å². The van der Waals surface area contributed by atoms with Gasteiger partial charge in [0.2, 0.25) is 5.69 Å². The molecule has 26 heavy (non-hydrogen) atoms. The summed E-state index contributed by atoms with van der Waals surface area (Å²) in [5.74, 6) is 0.692. The van der Waals surface area contributed by atoms with E-state index in [-0.39, 0.29) is 0 Å². The van der Waals surface area contributed by atoms with E-state index in [0.29, 0.717) is 17.4 Å². The van der Waals surface area contributed by atoms with Crippen LogP contribution < -0.4 is 4.57 Å². The highest BCUT2D eigenvalue weighted by atomic mass is 15.1. The van der Waals surface area contributed by atoms with Crippen molar-refractivity contribution in [2.45, 2.75) is 58.9 Å². The molecule has 2 aromatic carbocycles. The number of benzene rings is 2. The van der Waals surface area contributed by atoms with Crippen molar-refractivity contribution in [1.29, 1.82) is 0 Å². The minimum atomic E-state index is 0.316. The maximum absolute atomic E-state index is 2.56. The van der Waals surface area contributed by atoms with E-state index in [9.17, 15) is 0 Å². The zero-order chi connectivity index (χ0) is 18.2. The van der Waals surface area contributed by atoms with Gasteiger partial charge in [0.05, 0.1) is 16.4 Å². The summed E-state index contributed by atoms with van der Waals surface area (Å²) >= 11 is 0. The number of aryl methyl sites for hydroxylation is 2. The van der Waals surface area contributed by atoms with E-state index in [2.05, 4.69) is 81.8 Å². The van der Waals surface area contributed by atoms with Gasteiger partial charge in [-0.25, -0.2) is 0 Å². The molecule has 1 aromatic heterocycles. The Morgan fingerprint density at radius 3 is 2.69 bits per heavy atom. The zero-order valence-corrected chi connectivity index (χ0v) is 16.6. The van der Waals surface area contributed by atoms with Gasteiger partial charge in [0.1, 0.15) is 0 Å². The molecule has 0 saturated heterocycles. The van der Waals surface area contributed by atoms with Gasteiger partial charge in [0.25, 0.3) is 0 Å². The highest BCUT2D eigenvalue weighted by molar-refractivity contribution is 5.95. The number of hydrogen-bond donors (Lipinski definition) is 0. The van der Waals surface area contributed by atoms with Crippen LogP contribution in [0.1, 0.15) is 55.5 Å². The summed E-state index contributed by atoms with van der Waals surface area (Å²) in [7, 11) is 0. The molecule has 0 radical (unpaired) electrons. The standard InChI is InChI=1S/C25H28N/c1-15(2)10-18-6-7-20-19(13-18)8-9-26-22-14-25(22,5)23-17(4)11-16(3)12-21(23)24(20)26/h6-9,11-13,15,22H,10,14H2,1-5H3/q+1. The summed E-state index contributed by atoms with van der Waals surface area (Å²) in [6.07, 6.45) is 4.75. The molecule has 0 amide bonds. The Morgan fingerprint density at radius 2 is 1.92 bits per heavy atom. The first-order chi connectivity index (χ1) is 12.4. The number of pyridine rings is 1. The lowest BCUT2D eigenvalue weighted by Crippen LogP contribution is -2.41. The molecular formula is C25H28N+. The van der Waals surface area contributed by atoms with Gasteiger partial charge in [0, 0.05) is 12.5 Å². The maximum atomic E-state index is 2.56. The lowest BCUT2D eigenvalue weighted by atomic mass is 9.82. The molecule has 0 bridgehead atoms. The molecule has 0 spiro atoms. The van der Waals surface area contributed by atoms with Crippen molar-refractivity contribution >= 4 is 10.8 Å². The largest absolute Gasteiger partial charge is 0.220 e. The average molecular weight is 343 g/mol. The third kappa shape index (κ3) is 2.13. The van der Waals surface area contributed by atoms with Gasteiger partial charge < -0.3 is 0 Å². The van der Waals surface area contributed by atoms with Crippen molar-refractivity contribution in [3.8, 4) is 11.3 Å². The Labute approximate surface area is 156 Å². The molecule has 1 saturated carbocycles. The van der Waals surface area contributed by atoms with E-state index < -0.39 is 0 Å². The molecule has 1 nitrogen and oxygen atoms in total. The van der Waals surface area contributed by atoms with Crippen LogP contribution in [-0.2, 0) is 11.8 Å². The third-order valence-electron chi connectivity index (χ3n) is 6.52. The monoisotopic (exact) mass is 342 g/mol. The molecular weight excluding hydrogens is 314 g/mol. The first kappa shape index (κ1) is 16.1. The second-order valence-electron chi connectivity index (χ2n) is 9.23.